The summed E-state index contributed by atoms with van der Waals surface area (Å²) in [4.78, 5) is 16.8. The average molecular weight is 385 g/mol. The molecule has 1 aliphatic heterocycles. The molecule has 1 atom stereocenters. The molecule has 0 aromatic heterocycles. The second-order valence-corrected chi connectivity index (χ2v) is 10.0. The minimum absolute atomic E-state index is 0.0160. The van der Waals surface area contributed by atoms with Gasteiger partial charge in [0, 0.05) is 25.3 Å². The number of para-hydroxylation sites is 1. The van der Waals surface area contributed by atoms with E-state index in [2.05, 4.69) is 61.8 Å². The van der Waals surface area contributed by atoms with Crippen LogP contribution in [0.1, 0.15) is 77.7 Å². The molecule has 3 nitrogen and oxygen atoms in total. The van der Waals surface area contributed by atoms with Gasteiger partial charge in [0.15, 0.2) is 0 Å². The van der Waals surface area contributed by atoms with E-state index in [4.69, 9.17) is 0 Å². The number of hydrogen-bond donors (Lipinski definition) is 0. The van der Waals surface area contributed by atoms with Gasteiger partial charge in [-0.3, -0.25) is 4.90 Å². The predicted octanol–water partition coefficient (Wildman–Crippen LogP) is 5.50. The fourth-order valence-electron chi connectivity index (χ4n) is 5.23. The number of hydrogen-bond acceptors (Lipinski definition) is 3. The summed E-state index contributed by atoms with van der Waals surface area (Å²) < 4.78 is 0. The van der Waals surface area contributed by atoms with E-state index in [1.165, 1.54) is 56.1 Å². The topological polar surface area (TPSA) is 23.6 Å². The number of benzene rings is 1. The number of piperazine rings is 1. The molecule has 156 valence electrons. The molecule has 0 amide bonds. The van der Waals surface area contributed by atoms with E-state index in [-0.39, 0.29) is 6.04 Å². The van der Waals surface area contributed by atoms with Crippen LogP contribution in [0.15, 0.2) is 24.3 Å². The molecule has 1 saturated heterocycles. The Kier molecular flexibility index (Phi) is 7.20. The third kappa shape index (κ3) is 4.97. The number of rotatable bonds is 6. The van der Waals surface area contributed by atoms with Crippen LogP contribution in [0.3, 0.4) is 0 Å². The Morgan fingerprint density at radius 1 is 1.07 bits per heavy atom. The van der Waals surface area contributed by atoms with Gasteiger partial charge in [-0.2, -0.15) is 0 Å². The lowest BCUT2D eigenvalue weighted by molar-refractivity contribution is -0.109. The summed E-state index contributed by atoms with van der Waals surface area (Å²) in [5, 5.41) is 0. The van der Waals surface area contributed by atoms with Crippen molar-refractivity contribution in [2.45, 2.75) is 78.2 Å². The van der Waals surface area contributed by atoms with Crippen molar-refractivity contribution in [1.82, 2.24) is 4.90 Å². The summed E-state index contributed by atoms with van der Waals surface area (Å²) in [5.74, 6) is 1.47. The van der Waals surface area contributed by atoms with Crippen molar-refractivity contribution >= 4 is 12.0 Å². The number of unbranched alkanes of at least 4 members (excludes halogenated alkanes) is 1. The fourth-order valence-corrected chi connectivity index (χ4v) is 5.23. The van der Waals surface area contributed by atoms with Crippen LogP contribution in [0, 0.1) is 11.3 Å². The number of aldehydes is 1. The highest BCUT2D eigenvalue weighted by atomic mass is 16.1. The van der Waals surface area contributed by atoms with Gasteiger partial charge in [0.25, 0.3) is 0 Å². The number of anilines is 1. The molecule has 1 saturated carbocycles. The monoisotopic (exact) mass is 384 g/mol. The Hall–Kier alpha value is -1.35. The maximum absolute atomic E-state index is 11.9. The lowest BCUT2D eigenvalue weighted by Crippen LogP contribution is -2.54. The van der Waals surface area contributed by atoms with Crippen LogP contribution in [-0.2, 0) is 4.79 Å². The van der Waals surface area contributed by atoms with Gasteiger partial charge < -0.3 is 9.69 Å². The van der Waals surface area contributed by atoms with E-state index in [9.17, 15) is 4.79 Å². The predicted molar refractivity (Wildman–Crippen MR) is 119 cm³/mol. The van der Waals surface area contributed by atoms with Crippen molar-refractivity contribution < 1.29 is 4.79 Å². The molecule has 1 aromatic rings. The molecule has 28 heavy (non-hydrogen) atoms. The maximum atomic E-state index is 11.9. The Labute approximate surface area is 172 Å². The van der Waals surface area contributed by atoms with Gasteiger partial charge in [0.05, 0.1) is 6.04 Å². The van der Waals surface area contributed by atoms with Gasteiger partial charge in [0.2, 0.25) is 0 Å². The van der Waals surface area contributed by atoms with Crippen molar-refractivity contribution in [2.24, 2.45) is 11.3 Å². The maximum Gasteiger partial charge on any atom is 0.143 e. The minimum atomic E-state index is -0.0160. The highest BCUT2D eigenvalue weighted by molar-refractivity contribution is 5.69. The molecule has 1 aromatic carbocycles. The largest absolute Gasteiger partial charge is 0.359 e. The summed E-state index contributed by atoms with van der Waals surface area (Å²) in [6, 6.07) is 8.89. The van der Waals surface area contributed by atoms with Crippen molar-refractivity contribution in [2.75, 3.05) is 31.1 Å². The van der Waals surface area contributed by atoms with Crippen LogP contribution in [0.5, 0.6) is 0 Å². The number of carbonyl (C=O) groups excluding carboxylic acids is 1. The zero-order valence-electron chi connectivity index (χ0n) is 18.5. The number of nitrogens with zero attached hydrogens (tertiary/aromatic N) is 2. The zero-order chi connectivity index (χ0) is 20.1. The summed E-state index contributed by atoms with van der Waals surface area (Å²) in [5.41, 5.74) is 3.21. The van der Waals surface area contributed by atoms with Gasteiger partial charge in [-0.15, -0.1) is 0 Å². The van der Waals surface area contributed by atoms with Gasteiger partial charge in [-0.1, -0.05) is 52.3 Å². The molecule has 3 heteroatoms. The van der Waals surface area contributed by atoms with Crippen LogP contribution in [0.2, 0.25) is 0 Å². The minimum Gasteiger partial charge on any atom is -0.359 e. The molecular formula is C25H40N2O. The average Bonchev–Trinajstić information content (AvgIpc) is 2.71. The molecule has 2 aliphatic rings. The summed E-state index contributed by atoms with van der Waals surface area (Å²) >= 11 is 0. The third-order valence-electron chi connectivity index (χ3n) is 7.13. The van der Waals surface area contributed by atoms with E-state index < -0.39 is 0 Å². The van der Waals surface area contributed by atoms with E-state index >= 15 is 0 Å². The standard InChI is InChI=1S/C25H40N2O/c1-5-6-15-26-16-17-27(22(18-26)19-28)24-10-8-7-9-23(24)20-11-13-21(14-12-20)25(2,3)4/h7-10,19-22H,5-6,11-18H2,1-4H3. The molecule has 3 rings (SSSR count). The van der Waals surface area contributed by atoms with E-state index in [0.717, 1.165) is 32.1 Å². The Bertz CT molecular complexity index is 628. The molecule has 1 heterocycles. The SMILES string of the molecule is CCCCN1CCN(c2ccccc2C2CCC(C(C)(C)C)CC2)C(C=O)C1. The summed E-state index contributed by atoms with van der Waals surface area (Å²) in [6.07, 6.45) is 8.81. The van der Waals surface area contributed by atoms with E-state index in [1.54, 1.807) is 0 Å². The van der Waals surface area contributed by atoms with Crippen LogP contribution in [0.4, 0.5) is 5.69 Å². The van der Waals surface area contributed by atoms with Crippen LogP contribution in [-0.4, -0.2) is 43.4 Å². The van der Waals surface area contributed by atoms with Crippen molar-refractivity contribution in [3.05, 3.63) is 29.8 Å². The van der Waals surface area contributed by atoms with Crippen LogP contribution in [0.25, 0.3) is 0 Å². The third-order valence-corrected chi connectivity index (χ3v) is 7.13. The van der Waals surface area contributed by atoms with Gasteiger partial charge in [0.1, 0.15) is 6.29 Å². The first kappa shape index (κ1) is 21.4. The normalized spacial score (nSPS) is 27.0. The van der Waals surface area contributed by atoms with Gasteiger partial charge in [-0.25, -0.2) is 0 Å². The second-order valence-electron chi connectivity index (χ2n) is 10.0. The van der Waals surface area contributed by atoms with Crippen LogP contribution < -0.4 is 4.90 Å². The van der Waals surface area contributed by atoms with E-state index in [1.807, 2.05) is 0 Å². The molecule has 1 unspecified atom stereocenters. The molecule has 0 N–H and O–H groups in total. The Balaban J connectivity index is 1.73. The lowest BCUT2D eigenvalue weighted by Gasteiger charge is -2.43. The highest BCUT2D eigenvalue weighted by Gasteiger charge is 2.33. The van der Waals surface area contributed by atoms with Crippen LogP contribution >= 0.6 is 0 Å². The van der Waals surface area contributed by atoms with Crippen molar-refractivity contribution in [1.29, 1.82) is 0 Å². The van der Waals surface area contributed by atoms with E-state index in [0.29, 0.717) is 11.3 Å². The first-order valence-corrected chi connectivity index (χ1v) is 11.5. The molecule has 2 fully saturated rings. The van der Waals surface area contributed by atoms with Gasteiger partial charge >= 0.3 is 0 Å². The smallest absolute Gasteiger partial charge is 0.143 e. The molecular weight excluding hydrogens is 344 g/mol. The first-order chi connectivity index (χ1) is 13.4. The first-order valence-electron chi connectivity index (χ1n) is 11.5. The van der Waals surface area contributed by atoms with Crippen molar-refractivity contribution in [3.8, 4) is 0 Å². The Morgan fingerprint density at radius 3 is 2.43 bits per heavy atom. The molecule has 1 aliphatic carbocycles. The summed E-state index contributed by atoms with van der Waals surface area (Å²) in [7, 11) is 0. The number of carbonyl (C=O) groups is 1. The highest BCUT2D eigenvalue weighted by Crippen LogP contribution is 2.45. The van der Waals surface area contributed by atoms with Gasteiger partial charge in [-0.05, 0) is 67.5 Å². The quantitative estimate of drug-likeness (QED) is 0.605. The molecule has 0 bridgehead atoms. The summed E-state index contributed by atoms with van der Waals surface area (Å²) in [6.45, 7) is 13.4. The zero-order valence-corrected chi connectivity index (χ0v) is 18.5. The van der Waals surface area contributed by atoms with Crippen molar-refractivity contribution in [3.63, 3.8) is 0 Å². The second kappa shape index (κ2) is 9.43. The Morgan fingerprint density at radius 2 is 1.79 bits per heavy atom. The molecule has 0 spiro atoms. The lowest BCUT2D eigenvalue weighted by atomic mass is 9.68. The molecule has 0 radical (unpaired) electrons. The fraction of sp³-hybridized carbons (Fsp3) is 0.720.